The fourth-order valence-corrected chi connectivity index (χ4v) is 10.4. The smallest absolute Gasteiger partial charge is 0.310 e. The summed E-state index contributed by atoms with van der Waals surface area (Å²) in [7, 11) is 0. The Bertz CT molecular complexity index is 828. The van der Waals surface area contributed by atoms with Crippen molar-refractivity contribution in [2.45, 2.75) is 105 Å². The molecule has 0 radical (unpaired) electrons. The van der Waals surface area contributed by atoms with Crippen molar-refractivity contribution in [2.75, 3.05) is 0 Å². The zero-order valence-corrected chi connectivity index (χ0v) is 21.3. The van der Waals surface area contributed by atoms with E-state index in [0.717, 1.165) is 44.9 Å². The van der Waals surface area contributed by atoms with Crippen LogP contribution >= 0.6 is 0 Å². The van der Waals surface area contributed by atoms with Crippen LogP contribution in [0.25, 0.3) is 0 Å². The molecule has 0 saturated heterocycles. The van der Waals surface area contributed by atoms with Crippen LogP contribution < -0.4 is 0 Å². The van der Waals surface area contributed by atoms with Crippen LogP contribution in [0, 0.1) is 57.2 Å². The number of carbonyl (C=O) groups is 1. The van der Waals surface area contributed by atoms with Crippen LogP contribution in [0.3, 0.4) is 0 Å². The summed E-state index contributed by atoms with van der Waals surface area (Å²) in [5.74, 6) is 2.61. The van der Waals surface area contributed by atoms with Gasteiger partial charge in [0.1, 0.15) is 0 Å². The number of aliphatic hydroxyl groups is 1. The van der Waals surface area contributed by atoms with E-state index in [1.54, 1.807) is 0 Å². The molecule has 180 valence electrons. The Balaban J connectivity index is 1.57. The first-order chi connectivity index (χ1) is 14.9. The van der Waals surface area contributed by atoms with E-state index >= 15 is 0 Å². The second-order valence-electron chi connectivity index (χ2n) is 13.9. The molecule has 10 atom stereocenters. The van der Waals surface area contributed by atoms with E-state index < -0.39 is 11.4 Å². The lowest BCUT2D eigenvalue weighted by Crippen LogP contribution is -2.61. The zero-order valence-electron chi connectivity index (χ0n) is 21.3. The number of fused-ring (bicyclic) bond motifs is 7. The quantitative estimate of drug-likeness (QED) is 0.444. The van der Waals surface area contributed by atoms with Crippen LogP contribution in [0.15, 0.2) is 11.6 Å². The van der Waals surface area contributed by atoms with Crippen LogP contribution in [-0.4, -0.2) is 22.3 Å². The van der Waals surface area contributed by atoms with Crippen LogP contribution in [0.5, 0.6) is 0 Å². The Hall–Kier alpha value is -0.830. The van der Waals surface area contributed by atoms with Gasteiger partial charge in [0.05, 0.1) is 11.5 Å². The summed E-state index contributed by atoms with van der Waals surface area (Å²) in [6.45, 7) is 14.3. The van der Waals surface area contributed by atoms with Gasteiger partial charge in [0, 0.05) is 0 Å². The first-order valence-electron chi connectivity index (χ1n) is 13.5. The second kappa shape index (κ2) is 7.09. The molecule has 5 aliphatic rings. The lowest BCUT2D eigenvalue weighted by atomic mass is 9.37. The molecule has 3 heteroatoms. The fourth-order valence-electron chi connectivity index (χ4n) is 10.4. The second-order valence-corrected chi connectivity index (χ2v) is 13.9. The molecule has 2 N–H and O–H groups in total. The van der Waals surface area contributed by atoms with Gasteiger partial charge in [-0.2, -0.15) is 0 Å². The molecule has 0 aromatic heterocycles. The molecule has 5 rings (SSSR count). The van der Waals surface area contributed by atoms with Crippen molar-refractivity contribution in [3.8, 4) is 0 Å². The van der Waals surface area contributed by atoms with Gasteiger partial charge >= 0.3 is 5.97 Å². The van der Waals surface area contributed by atoms with Gasteiger partial charge < -0.3 is 10.2 Å². The van der Waals surface area contributed by atoms with Crippen molar-refractivity contribution in [3.63, 3.8) is 0 Å². The lowest BCUT2D eigenvalue weighted by Gasteiger charge is -2.67. The highest BCUT2D eigenvalue weighted by Gasteiger charge is 2.65. The number of carboxylic acids is 1. The molecular weight excluding hydrogens is 396 g/mol. The van der Waals surface area contributed by atoms with Gasteiger partial charge in [0.15, 0.2) is 0 Å². The van der Waals surface area contributed by atoms with Crippen molar-refractivity contribution >= 4 is 5.97 Å². The SMILES string of the molecule is C[C@H]1[C@H](C)CC[C@]2(C(=O)O)CC[C@]3(C)C(=CC[C@H]4C3CC[C@H]3C(C)(C)[C@@H](O)CC[C@]43C)[C@H]12. The molecule has 0 aliphatic heterocycles. The number of rotatable bonds is 1. The Kier molecular flexibility index (Phi) is 5.08. The molecule has 0 amide bonds. The van der Waals surface area contributed by atoms with Crippen LogP contribution in [0.4, 0.5) is 0 Å². The maximum atomic E-state index is 12.7. The first kappa shape index (κ1) is 22.9. The first-order valence-corrected chi connectivity index (χ1v) is 13.5. The fraction of sp³-hybridized carbons (Fsp3) is 0.897. The van der Waals surface area contributed by atoms with Crippen LogP contribution in [0.2, 0.25) is 0 Å². The minimum Gasteiger partial charge on any atom is -0.481 e. The van der Waals surface area contributed by atoms with Crippen molar-refractivity contribution in [2.24, 2.45) is 57.2 Å². The van der Waals surface area contributed by atoms with Crippen molar-refractivity contribution < 1.29 is 15.0 Å². The summed E-state index contributed by atoms with van der Waals surface area (Å²) in [6.07, 6.45) is 11.8. The van der Waals surface area contributed by atoms with E-state index in [1.165, 1.54) is 18.4 Å². The van der Waals surface area contributed by atoms with E-state index in [9.17, 15) is 15.0 Å². The predicted octanol–water partition coefficient (Wildman–Crippen LogP) is 6.70. The number of hydrogen-bond acceptors (Lipinski definition) is 2. The highest BCUT2D eigenvalue weighted by Crippen LogP contribution is 2.71. The predicted molar refractivity (Wildman–Crippen MR) is 128 cm³/mol. The van der Waals surface area contributed by atoms with Gasteiger partial charge in [0.2, 0.25) is 0 Å². The summed E-state index contributed by atoms with van der Waals surface area (Å²) < 4.78 is 0. The van der Waals surface area contributed by atoms with Gasteiger partial charge in [-0.05, 0) is 110 Å². The van der Waals surface area contributed by atoms with Crippen molar-refractivity contribution in [1.29, 1.82) is 0 Å². The average Bonchev–Trinajstić information content (AvgIpc) is 2.73. The van der Waals surface area contributed by atoms with E-state index in [1.807, 2.05) is 0 Å². The maximum Gasteiger partial charge on any atom is 0.310 e. The molecule has 0 heterocycles. The summed E-state index contributed by atoms with van der Waals surface area (Å²) >= 11 is 0. The van der Waals surface area contributed by atoms with Crippen LogP contribution in [-0.2, 0) is 4.79 Å². The monoisotopic (exact) mass is 442 g/mol. The third kappa shape index (κ3) is 2.72. The van der Waals surface area contributed by atoms with E-state index in [-0.39, 0.29) is 28.3 Å². The van der Waals surface area contributed by atoms with E-state index in [4.69, 9.17) is 0 Å². The Morgan fingerprint density at radius 1 is 0.938 bits per heavy atom. The zero-order chi connectivity index (χ0) is 23.3. The third-order valence-electron chi connectivity index (χ3n) is 12.6. The minimum absolute atomic E-state index is 0.0127. The average molecular weight is 443 g/mol. The van der Waals surface area contributed by atoms with Crippen molar-refractivity contribution in [1.82, 2.24) is 0 Å². The lowest BCUT2D eigenvalue weighted by molar-refractivity contribution is -0.178. The molecule has 1 unspecified atom stereocenters. The van der Waals surface area contributed by atoms with Gasteiger partial charge in [-0.15, -0.1) is 0 Å². The molecule has 0 spiro atoms. The van der Waals surface area contributed by atoms with Crippen LogP contribution in [0.1, 0.15) is 99.3 Å². The van der Waals surface area contributed by atoms with Gasteiger partial charge in [-0.25, -0.2) is 0 Å². The highest BCUT2D eigenvalue weighted by atomic mass is 16.4. The number of aliphatic carboxylic acids is 1. The molecule has 5 aliphatic carbocycles. The molecule has 4 fully saturated rings. The third-order valence-corrected chi connectivity index (χ3v) is 12.6. The number of hydrogen-bond donors (Lipinski definition) is 2. The minimum atomic E-state index is -0.540. The number of carboxylic acid groups (broad SMARTS) is 1. The highest BCUT2D eigenvalue weighted by molar-refractivity contribution is 5.76. The Labute approximate surface area is 195 Å². The van der Waals surface area contributed by atoms with Gasteiger partial charge in [0.25, 0.3) is 0 Å². The molecule has 0 aromatic rings. The van der Waals surface area contributed by atoms with Gasteiger partial charge in [-0.3, -0.25) is 4.79 Å². The summed E-state index contributed by atoms with van der Waals surface area (Å²) in [5.41, 5.74) is 1.41. The largest absolute Gasteiger partial charge is 0.481 e. The molecule has 0 bridgehead atoms. The molecule has 32 heavy (non-hydrogen) atoms. The van der Waals surface area contributed by atoms with E-state index in [2.05, 4.69) is 47.6 Å². The van der Waals surface area contributed by atoms with Crippen molar-refractivity contribution in [3.05, 3.63) is 11.6 Å². The number of aliphatic hydroxyl groups excluding tert-OH is 1. The molecular formula is C29H46O3. The standard InChI is InChI=1S/C29H46O3/c1-17-11-14-29(25(31)32)16-15-27(5)19-9-10-22-26(3,4)23(30)12-13-28(22,6)20(19)7-8-21(27)24(29)18(17)2/h8,17-20,22-24,30H,7,9-16H2,1-6H3,(H,31,32)/t17-,18+,19?,20+,22+,23+,24+,27+,28-,29+/m1/s1. The molecule has 3 nitrogen and oxygen atoms in total. The molecule has 4 saturated carbocycles. The summed E-state index contributed by atoms with van der Waals surface area (Å²) in [4.78, 5) is 12.7. The topological polar surface area (TPSA) is 57.5 Å². The summed E-state index contributed by atoms with van der Waals surface area (Å²) in [6, 6.07) is 0. The summed E-state index contributed by atoms with van der Waals surface area (Å²) in [5, 5.41) is 21.3. The Morgan fingerprint density at radius 3 is 2.34 bits per heavy atom. The van der Waals surface area contributed by atoms with Gasteiger partial charge in [-0.1, -0.05) is 53.2 Å². The van der Waals surface area contributed by atoms with E-state index in [0.29, 0.717) is 29.6 Å². The number of allylic oxidation sites excluding steroid dienone is 2. The molecule has 0 aromatic carbocycles. The Morgan fingerprint density at radius 2 is 1.66 bits per heavy atom. The maximum absolute atomic E-state index is 12.7. The normalized spacial score (nSPS) is 54.3.